The normalized spacial score (nSPS) is 14.1. The van der Waals surface area contributed by atoms with Crippen molar-refractivity contribution in [2.24, 2.45) is 0 Å². The second-order valence-electron chi connectivity index (χ2n) is 7.34. The summed E-state index contributed by atoms with van der Waals surface area (Å²) in [4.78, 5) is 18.9. The summed E-state index contributed by atoms with van der Waals surface area (Å²) < 4.78 is 16.1. The largest absolute Gasteiger partial charge is 0.496 e. The number of carbonyl (C=O) groups excluding carboxylic acids is 1. The van der Waals surface area contributed by atoms with Crippen molar-refractivity contribution in [3.63, 3.8) is 0 Å². The first kappa shape index (κ1) is 18.4. The molecule has 0 bridgehead atoms. The predicted molar refractivity (Wildman–Crippen MR) is 107 cm³/mol. The van der Waals surface area contributed by atoms with Crippen LogP contribution in [0, 0.1) is 0 Å². The van der Waals surface area contributed by atoms with E-state index in [0.717, 1.165) is 16.7 Å². The molecule has 0 spiro atoms. The molecule has 0 atom stereocenters. The molecule has 1 saturated heterocycles. The minimum Gasteiger partial charge on any atom is -0.496 e. The highest BCUT2D eigenvalue weighted by molar-refractivity contribution is 5.86. The van der Waals surface area contributed by atoms with Gasteiger partial charge in [-0.15, -0.1) is 0 Å². The van der Waals surface area contributed by atoms with Crippen LogP contribution in [0.2, 0.25) is 0 Å². The summed E-state index contributed by atoms with van der Waals surface area (Å²) in [6, 6.07) is 15.3. The standard InChI is InChI=1S/C22H20N4O4/c1-28-18-8-4-2-6-14(18)10-20-23-22(30-25-20)15-12-26(13-15)21(27)11-17-16-7-3-5-9-19(16)29-24-17/h2-9,15H,10-13H2,1H3. The molecule has 0 radical (unpaired) electrons. The molecule has 1 aliphatic rings. The summed E-state index contributed by atoms with van der Waals surface area (Å²) in [5.74, 6) is 2.04. The van der Waals surface area contributed by atoms with Gasteiger partial charge in [-0.25, -0.2) is 0 Å². The van der Waals surface area contributed by atoms with Gasteiger partial charge in [0.2, 0.25) is 11.8 Å². The second-order valence-corrected chi connectivity index (χ2v) is 7.34. The second kappa shape index (κ2) is 7.62. The fraction of sp³-hybridized carbons (Fsp3) is 0.273. The maximum Gasteiger partial charge on any atom is 0.233 e. The van der Waals surface area contributed by atoms with Crippen LogP contribution in [0.5, 0.6) is 5.75 Å². The highest BCUT2D eigenvalue weighted by Crippen LogP contribution is 2.28. The van der Waals surface area contributed by atoms with Crippen LogP contribution >= 0.6 is 0 Å². The summed E-state index contributed by atoms with van der Waals surface area (Å²) in [6.45, 7) is 1.12. The van der Waals surface area contributed by atoms with Crippen LogP contribution in [-0.2, 0) is 17.6 Å². The zero-order valence-corrected chi connectivity index (χ0v) is 16.4. The van der Waals surface area contributed by atoms with Crippen LogP contribution in [0.1, 0.15) is 28.9 Å². The van der Waals surface area contributed by atoms with Gasteiger partial charge in [0.05, 0.1) is 19.4 Å². The van der Waals surface area contributed by atoms with Crippen LogP contribution in [0.25, 0.3) is 11.0 Å². The molecule has 1 fully saturated rings. The Morgan fingerprint density at radius 1 is 1.10 bits per heavy atom. The van der Waals surface area contributed by atoms with E-state index in [1.165, 1.54) is 0 Å². The van der Waals surface area contributed by atoms with Gasteiger partial charge in [-0.05, 0) is 18.2 Å². The van der Waals surface area contributed by atoms with E-state index in [0.29, 0.717) is 42.5 Å². The molecule has 30 heavy (non-hydrogen) atoms. The number of carbonyl (C=O) groups is 1. The average molecular weight is 404 g/mol. The number of amides is 1. The third-order valence-electron chi connectivity index (χ3n) is 5.38. The lowest BCUT2D eigenvalue weighted by Gasteiger charge is -2.37. The van der Waals surface area contributed by atoms with Crippen LogP contribution < -0.4 is 4.74 Å². The molecule has 3 heterocycles. The topological polar surface area (TPSA) is 94.5 Å². The van der Waals surface area contributed by atoms with E-state index < -0.39 is 0 Å². The van der Waals surface area contributed by atoms with E-state index in [1.54, 1.807) is 12.0 Å². The fourth-order valence-electron chi connectivity index (χ4n) is 3.68. The van der Waals surface area contributed by atoms with Crippen LogP contribution in [0.3, 0.4) is 0 Å². The third-order valence-corrected chi connectivity index (χ3v) is 5.38. The number of ether oxygens (including phenoxy) is 1. The number of hydrogen-bond acceptors (Lipinski definition) is 7. The van der Waals surface area contributed by atoms with Gasteiger partial charge in [-0.3, -0.25) is 4.79 Å². The molecule has 4 aromatic rings. The number of aromatic nitrogens is 3. The van der Waals surface area contributed by atoms with Crippen molar-refractivity contribution in [3.05, 3.63) is 71.5 Å². The molecule has 2 aromatic heterocycles. The van der Waals surface area contributed by atoms with E-state index >= 15 is 0 Å². The summed E-state index contributed by atoms with van der Waals surface area (Å²) in [7, 11) is 1.64. The van der Waals surface area contributed by atoms with Gasteiger partial charge in [-0.1, -0.05) is 40.6 Å². The number of rotatable bonds is 6. The zero-order chi connectivity index (χ0) is 20.5. The average Bonchev–Trinajstić information content (AvgIpc) is 3.35. The molecule has 152 valence electrons. The van der Waals surface area contributed by atoms with Gasteiger partial charge in [0.1, 0.15) is 11.4 Å². The van der Waals surface area contributed by atoms with Gasteiger partial charge >= 0.3 is 0 Å². The van der Waals surface area contributed by atoms with Gasteiger partial charge < -0.3 is 18.7 Å². The smallest absolute Gasteiger partial charge is 0.233 e. The van der Waals surface area contributed by atoms with Crippen molar-refractivity contribution in [3.8, 4) is 5.75 Å². The number of benzene rings is 2. The number of likely N-dealkylation sites (tertiary alicyclic amines) is 1. The Bertz CT molecular complexity index is 1190. The first-order valence-corrected chi connectivity index (χ1v) is 9.76. The van der Waals surface area contributed by atoms with Crippen LogP contribution in [0.4, 0.5) is 0 Å². The molecule has 1 amide bonds. The molecule has 0 aliphatic carbocycles. The van der Waals surface area contributed by atoms with Crippen molar-refractivity contribution in [2.45, 2.75) is 18.8 Å². The van der Waals surface area contributed by atoms with Crippen LogP contribution in [0.15, 0.2) is 57.6 Å². The molecule has 1 aliphatic heterocycles. The van der Waals surface area contributed by atoms with Gasteiger partial charge in [0, 0.05) is 30.5 Å². The van der Waals surface area contributed by atoms with Crippen molar-refractivity contribution in [1.82, 2.24) is 20.2 Å². The lowest BCUT2D eigenvalue weighted by atomic mass is 9.99. The minimum absolute atomic E-state index is 0.0130. The van der Waals surface area contributed by atoms with E-state index in [-0.39, 0.29) is 18.2 Å². The molecule has 5 rings (SSSR count). The summed E-state index contributed by atoms with van der Waals surface area (Å²) in [6.07, 6.45) is 0.745. The Labute approximate surface area is 172 Å². The Hall–Kier alpha value is -3.68. The van der Waals surface area contributed by atoms with Gasteiger partial charge in [-0.2, -0.15) is 4.98 Å². The molecule has 8 heteroatoms. The zero-order valence-electron chi connectivity index (χ0n) is 16.4. The first-order chi connectivity index (χ1) is 14.7. The molecule has 0 N–H and O–H groups in total. The Morgan fingerprint density at radius 2 is 1.90 bits per heavy atom. The molecule has 0 saturated carbocycles. The molecule has 0 unspecified atom stereocenters. The van der Waals surface area contributed by atoms with E-state index in [1.807, 2.05) is 48.5 Å². The monoisotopic (exact) mass is 404 g/mol. The first-order valence-electron chi connectivity index (χ1n) is 9.76. The quantitative estimate of drug-likeness (QED) is 0.488. The minimum atomic E-state index is 0.0130. The number of nitrogens with zero attached hydrogens (tertiary/aromatic N) is 4. The highest BCUT2D eigenvalue weighted by Gasteiger charge is 2.36. The maximum atomic E-state index is 12.6. The van der Waals surface area contributed by atoms with Gasteiger partial charge in [0.15, 0.2) is 11.4 Å². The van der Waals surface area contributed by atoms with Crippen LogP contribution in [-0.4, -0.2) is 46.3 Å². The molecule has 8 nitrogen and oxygen atoms in total. The third kappa shape index (κ3) is 3.41. The van der Waals surface area contributed by atoms with E-state index in [2.05, 4.69) is 15.3 Å². The SMILES string of the molecule is COc1ccccc1Cc1noc(C2CN(C(=O)Cc3noc4ccccc34)C2)n1. The summed E-state index contributed by atoms with van der Waals surface area (Å²) in [5, 5.41) is 9.00. The fourth-order valence-corrected chi connectivity index (χ4v) is 3.68. The highest BCUT2D eigenvalue weighted by atomic mass is 16.5. The number of para-hydroxylation sites is 2. The number of methoxy groups -OCH3 is 1. The van der Waals surface area contributed by atoms with E-state index in [4.69, 9.17) is 13.8 Å². The van der Waals surface area contributed by atoms with Crippen molar-refractivity contribution in [1.29, 1.82) is 0 Å². The van der Waals surface area contributed by atoms with Crippen molar-refractivity contribution >= 4 is 16.9 Å². The number of fused-ring (bicyclic) bond motifs is 1. The molecular weight excluding hydrogens is 384 g/mol. The Kier molecular flexibility index (Phi) is 4.66. The lowest BCUT2D eigenvalue weighted by molar-refractivity contribution is -0.135. The summed E-state index contributed by atoms with van der Waals surface area (Å²) in [5.41, 5.74) is 2.35. The Morgan fingerprint density at radius 3 is 2.77 bits per heavy atom. The molecule has 2 aromatic carbocycles. The Balaban J connectivity index is 1.19. The maximum absolute atomic E-state index is 12.6. The predicted octanol–water partition coefficient (Wildman–Crippen LogP) is 2.98. The van der Waals surface area contributed by atoms with Crippen molar-refractivity contribution < 1.29 is 18.6 Å². The number of hydrogen-bond donors (Lipinski definition) is 0. The van der Waals surface area contributed by atoms with E-state index in [9.17, 15) is 4.79 Å². The molecular formula is C22H20N4O4. The summed E-state index contributed by atoms with van der Waals surface area (Å²) >= 11 is 0. The lowest BCUT2D eigenvalue weighted by Crippen LogP contribution is -2.49. The van der Waals surface area contributed by atoms with Crippen molar-refractivity contribution in [2.75, 3.05) is 20.2 Å². The van der Waals surface area contributed by atoms with Gasteiger partial charge in [0.25, 0.3) is 0 Å².